The SMILES string of the molecule is CCC(C)N(CC)CCCCCCCCCS. The fourth-order valence-corrected chi connectivity index (χ4v) is 2.48. The molecule has 0 spiro atoms. The van der Waals surface area contributed by atoms with E-state index in [0.29, 0.717) is 0 Å². The van der Waals surface area contributed by atoms with Crippen molar-refractivity contribution in [2.75, 3.05) is 18.8 Å². The maximum absolute atomic E-state index is 4.24. The van der Waals surface area contributed by atoms with Gasteiger partial charge in [-0.1, -0.05) is 46.0 Å². The van der Waals surface area contributed by atoms with Crippen LogP contribution >= 0.6 is 12.6 Å². The third kappa shape index (κ3) is 9.96. The van der Waals surface area contributed by atoms with Gasteiger partial charge in [0.15, 0.2) is 0 Å². The molecule has 0 saturated carbocycles. The van der Waals surface area contributed by atoms with Crippen molar-refractivity contribution in [2.45, 2.75) is 78.2 Å². The Morgan fingerprint density at radius 3 is 1.88 bits per heavy atom. The highest BCUT2D eigenvalue weighted by Gasteiger charge is 2.08. The van der Waals surface area contributed by atoms with Crippen molar-refractivity contribution in [2.24, 2.45) is 0 Å². The summed E-state index contributed by atoms with van der Waals surface area (Å²) in [6.07, 6.45) is 11.0. The lowest BCUT2D eigenvalue weighted by atomic mass is 10.1. The summed E-state index contributed by atoms with van der Waals surface area (Å²) in [6, 6.07) is 0.760. The fraction of sp³-hybridized carbons (Fsp3) is 1.00. The van der Waals surface area contributed by atoms with E-state index in [0.717, 1.165) is 11.8 Å². The Balaban J connectivity index is 3.31. The van der Waals surface area contributed by atoms with E-state index in [1.54, 1.807) is 0 Å². The van der Waals surface area contributed by atoms with E-state index in [1.807, 2.05) is 0 Å². The van der Waals surface area contributed by atoms with Crippen LogP contribution in [-0.2, 0) is 0 Å². The molecule has 0 aliphatic rings. The topological polar surface area (TPSA) is 3.24 Å². The van der Waals surface area contributed by atoms with Crippen molar-refractivity contribution >= 4 is 12.6 Å². The molecule has 0 N–H and O–H groups in total. The first-order valence-electron chi connectivity index (χ1n) is 7.61. The minimum atomic E-state index is 0.760. The predicted octanol–water partition coefficient (Wildman–Crippen LogP) is 4.77. The average Bonchev–Trinajstić information content (AvgIpc) is 2.36. The van der Waals surface area contributed by atoms with Crippen molar-refractivity contribution in [3.05, 3.63) is 0 Å². The quantitative estimate of drug-likeness (QED) is 0.390. The molecule has 0 aromatic rings. The summed E-state index contributed by atoms with van der Waals surface area (Å²) in [5.74, 6) is 1.06. The van der Waals surface area contributed by atoms with E-state index >= 15 is 0 Å². The lowest BCUT2D eigenvalue weighted by Crippen LogP contribution is -2.33. The molecule has 0 bridgehead atoms. The molecule has 0 amide bonds. The number of unbranched alkanes of at least 4 members (excludes halogenated alkanes) is 6. The van der Waals surface area contributed by atoms with Gasteiger partial charge in [0.25, 0.3) is 0 Å². The van der Waals surface area contributed by atoms with Gasteiger partial charge in [-0.05, 0) is 45.0 Å². The number of hydrogen-bond acceptors (Lipinski definition) is 2. The Kier molecular flexibility index (Phi) is 13.0. The van der Waals surface area contributed by atoms with Crippen molar-refractivity contribution in [1.29, 1.82) is 0 Å². The van der Waals surface area contributed by atoms with Gasteiger partial charge in [0.2, 0.25) is 0 Å². The zero-order valence-corrected chi connectivity index (χ0v) is 13.1. The molecule has 1 unspecified atom stereocenters. The maximum atomic E-state index is 4.24. The Morgan fingerprint density at radius 2 is 1.41 bits per heavy atom. The van der Waals surface area contributed by atoms with Crippen LogP contribution in [0.25, 0.3) is 0 Å². The minimum absolute atomic E-state index is 0.760. The van der Waals surface area contributed by atoms with E-state index < -0.39 is 0 Å². The average molecular weight is 260 g/mol. The smallest absolute Gasteiger partial charge is 0.00641 e. The first kappa shape index (κ1) is 17.3. The summed E-state index contributed by atoms with van der Waals surface area (Å²) in [4.78, 5) is 2.61. The lowest BCUT2D eigenvalue weighted by molar-refractivity contribution is 0.210. The van der Waals surface area contributed by atoms with Gasteiger partial charge in [-0.2, -0.15) is 12.6 Å². The molecular weight excluding hydrogens is 226 g/mol. The summed E-state index contributed by atoms with van der Waals surface area (Å²) >= 11 is 4.24. The minimum Gasteiger partial charge on any atom is -0.301 e. The van der Waals surface area contributed by atoms with E-state index in [4.69, 9.17) is 0 Å². The Hall–Kier alpha value is 0.310. The Morgan fingerprint density at radius 1 is 0.882 bits per heavy atom. The standard InChI is InChI=1S/C15H33NS/c1-4-15(3)16(5-2)13-11-9-7-6-8-10-12-14-17/h15,17H,4-14H2,1-3H3. The molecule has 0 radical (unpaired) electrons. The number of nitrogens with zero attached hydrogens (tertiary/aromatic N) is 1. The van der Waals surface area contributed by atoms with Crippen LogP contribution in [0.5, 0.6) is 0 Å². The predicted molar refractivity (Wildman–Crippen MR) is 83.2 cm³/mol. The van der Waals surface area contributed by atoms with Gasteiger partial charge in [-0.3, -0.25) is 0 Å². The molecule has 0 saturated heterocycles. The summed E-state index contributed by atoms with van der Waals surface area (Å²) in [7, 11) is 0. The Bertz CT molecular complexity index is 150. The summed E-state index contributed by atoms with van der Waals surface area (Å²) in [5, 5.41) is 0. The molecule has 0 aromatic carbocycles. The Labute approximate surface area is 115 Å². The van der Waals surface area contributed by atoms with Gasteiger partial charge < -0.3 is 4.90 Å². The van der Waals surface area contributed by atoms with Gasteiger partial charge in [-0.15, -0.1) is 0 Å². The monoisotopic (exact) mass is 259 g/mol. The molecule has 0 aromatic heterocycles. The molecule has 1 nitrogen and oxygen atoms in total. The molecule has 0 heterocycles. The molecule has 0 fully saturated rings. The second-order valence-electron chi connectivity index (χ2n) is 5.08. The maximum Gasteiger partial charge on any atom is 0.00641 e. The van der Waals surface area contributed by atoms with Crippen LogP contribution in [0.1, 0.15) is 72.1 Å². The van der Waals surface area contributed by atoms with Gasteiger partial charge in [0.05, 0.1) is 0 Å². The van der Waals surface area contributed by atoms with Crippen LogP contribution in [-0.4, -0.2) is 29.8 Å². The third-order valence-corrected chi connectivity index (χ3v) is 4.04. The molecule has 104 valence electrons. The van der Waals surface area contributed by atoms with Crippen molar-refractivity contribution < 1.29 is 0 Å². The highest BCUT2D eigenvalue weighted by atomic mass is 32.1. The molecule has 17 heavy (non-hydrogen) atoms. The molecule has 1 atom stereocenters. The van der Waals surface area contributed by atoms with Crippen LogP contribution in [0.15, 0.2) is 0 Å². The van der Waals surface area contributed by atoms with Crippen LogP contribution in [0.4, 0.5) is 0 Å². The largest absolute Gasteiger partial charge is 0.301 e. The molecule has 0 aliphatic carbocycles. The zero-order chi connectivity index (χ0) is 12.9. The number of hydrogen-bond donors (Lipinski definition) is 1. The zero-order valence-electron chi connectivity index (χ0n) is 12.2. The molecule has 0 aliphatic heterocycles. The normalized spacial score (nSPS) is 13.2. The fourth-order valence-electron chi connectivity index (χ4n) is 2.26. The van der Waals surface area contributed by atoms with E-state index in [1.165, 1.54) is 64.5 Å². The van der Waals surface area contributed by atoms with E-state index in [2.05, 4.69) is 38.3 Å². The third-order valence-electron chi connectivity index (χ3n) is 3.72. The van der Waals surface area contributed by atoms with Crippen molar-refractivity contribution in [1.82, 2.24) is 4.90 Å². The van der Waals surface area contributed by atoms with Gasteiger partial charge in [-0.25, -0.2) is 0 Å². The molecule has 2 heteroatoms. The first-order valence-corrected chi connectivity index (χ1v) is 8.24. The molecular formula is C15H33NS. The summed E-state index contributed by atoms with van der Waals surface area (Å²) < 4.78 is 0. The summed E-state index contributed by atoms with van der Waals surface area (Å²) in [5.41, 5.74) is 0. The molecule has 0 rings (SSSR count). The van der Waals surface area contributed by atoms with E-state index in [-0.39, 0.29) is 0 Å². The second-order valence-corrected chi connectivity index (χ2v) is 5.53. The lowest BCUT2D eigenvalue weighted by Gasteiger charge is -2.26. The van der Waals surface area contributed by atoms with Gasteiger partial charge in [0, 0.05) is 6.04 Å². The van der Waals surface area contributed by atoms with Crippen LogP contribution in [0, 0.1) is 0 Å². The highest BCUT2D eigenvalue weighted by Crippen LogP contribution is 2.10. The van der Waals surface area contributed by atoms with Gasteiger partial charge >= 0.3 is 0 Å². The van der Waals surface area contributed by atoms with Gasteiger partial charge in [0.1, 0.15) is 0 Å². The number of thiol groups is 1. The van der Waals surface area contributed by atoms with E-state index in [9.17, 15) is 0 Å². The van der Waals surface area contributed by atoms with Crippen LogP contribution in [0.2, 0.25) is 0 Å². The highest BCUT2D eigenvalue weighted by molar-refractivity contribution is 7.80. The number of rotatable bonds is 12. The first-order chi connectivity index (χ1) is 8.26. The second kappa shape index (κ2) is 12.8. The van der Waals surface area contributed by atoms with Crippen LogP contribution < -0.4 is 0 Å². The van der Waals surface area contributed by atoms with Crippen molar-refractivity contribution in [3.63, 3.8) is 0 Å². The van der Waals surface area contributed by atoms with Crippen molar-refractivity contribution in [3.8, 4) is 0 Å². The summed E-state index contributed by atoms with van der Waals surface area (Å²) in [6.45, 7) is 9.42. The van der Waals surface area contributed by atoms with Crippen LogP contribution in [0.3, 0.4) is 0 Å².